The third-order valence-corrected chi connectivity index (χ3v) is 3.97. The van der Waals surface area contributed by atoms with E-state index in [1.54, 1.807) is 5.51 Å². The highest BCUT2D eigenvalue weighted by molar-refractivity contribution is 7.09. The zero-order valence-electron chi connectivity index (χ0n) is 9.99. The summed E-state index contributed by atoms with van der Waals surface area (Å²) in [5, 5.41) is 0.129. The minimum absolute atomic E-state index is 0.129. The lowest BCUT2D eigenvalue weighted by atomic mass is 10.2. The van der Waals surface area contributed by atoms with Crippen LogP contribution in [-0.2, 0) is 13.0 Å². The van der Waals surface area contributed by atoms with E-state index < -0.39 is 5.69 Å². The van der Waals surface area contributed by atoms with E-state index in [1.807, 2.05) is 13.8 Å². The minimum Gasteiger partial charge on any atom is -0.297 e. The summed E-state index contributed by atoms with van der Waals surface area (Å²) in [4.78, 5) is 31.4. The average molecular weight is 286 g/mol. The van der Waals surface area contributed by atoms with Crippen LogP contribution in [0.25, 0.3) is 0 Å². The van der Waals surface area contributed by atoms with Crippen molar-refractivity contribution in [1.29, 1.82) is 0 Å². The van der Waals surface area contributed by atoms with Crippen molar-refractivity contribution in [3.05, 3.63) is 47.6 Å². The highest BCUT2D eigenvalue weighted by atomic mass is 35.5. The first kappa shape index (κ1) is 13.0. The molecule has 0 atom stereocenters. The summed E-state index contributed by atoms with van der Waals surface area (Å²) < 4.78 is 1.16. The van der Waals surface area contributed by atoms with Gasteiger partial charge >= 0.3 is 5.69 Å². The maximum absolute atomic E-state index is 12.1. The molecule has 96 valence electrons. The Hall–Kier alpha value is -1.40. The van der Waals surface area contributed by atoms with Crippen LogP contribution in [0.2, 0.25) is 5.15 Å². The molecule has 0 saturated heterocycles. The Labute approximate surface area is 112 Å². The fourth-order valence-electron chi connectivity index (χ4n) is 1.66. The molecule has 0 aromatic carbocycles. The topological polar surface area (TPSA) is 67.8 Å². The molecule has 2 aromatic rings. The number of H-pyrrole nitrogens is 1. The first-order valence-corrected chi connectivity index (χ1v) is 6.70. The monoisotopic (exact) mass is 285 g/mol. The van der Waals surface area contributed by atoms with Gasteiger partial charge in [-0.05, 0) is 13.3 Å². The lowest BCUT2D eigenvalue weighted by molar-refractivity contribution is 0.689. The number of aromatic amines is 1. The number of aromatic nitrogens is 3. The summed E-state index contributed by atoms with van der Waals surface area (Å²) in [6.07, 6.45) is 0.482. The lowest BCUT2D eigenvalue weighted by Crippen LogP contribution is -2.37. The predicted octanol–water partition coefficient (Wildman–Crippen LogP) is 1.57. The van der Waals surface area contributed by atoms with Crippen molar-refractivity contribution in [3.8, 4) is 0 Å². The average Bonchev–Trinajstić information content (AvgIpc) is 2.70. The van der Waals surface area contributed by atoms with Crippen molar-refractivity contribution >= 4 is 22.9 Å². The van der Waals surface area contributed by atoms with E-state index in [0.29, 0.717) is 12.0 Å². The number of hydrogen-bond acceptors (Lipinski definition) is 4. The first-order chi connectivity index (χ1) is 8.54. The molecule has 2 heterocycles. The van der Waals surface area contributed by atoms with Gasteiger partial charge in [0.2, 0.25) is 0 Å². The normalized spacial score (nSPS) is 10.8. The molecule has 18 heavy (non-hydrogen) atoms. The van der Waals surface area contributed by atoms with Gasteiger partial charge in [-0.2, -0.15) is 0 Å². The standard InChI is InChI=1S/C11H12ClN3O2S/c1-3-7-9(12)14-11(17)15(10(7)16)4-8-6(2)13-5-18-8/h5H,3-4H2,1-2H3,(H,14,17). The zero-order chi connectivity index (χ0) is 13.3. The van der Waals surface area contributed by atoms with E-state index in [-0.39, 0.29) is 17.3 Å². The molecular formula is C11H12ClN3O2S. The molecule has 0 aliphatic heterocycles. The van der Waals surface area contributed by atoms with Gasteiger partial charge in [0.1, 0.15) is 5.15 Å². The second-order valence-corrected chi connectivity index (χ2v) is 5.15. The van der Waals surface area contributed by atoms with E-state index in [1.165, 1.54) is 11.3 Å². The Bertz CT molecular complexity index is 686. The van der Waals surface area contributed by atoms with Crippen molar-refractivity contribution in [3.63, 3.8) is 0 Å². The van der Waals surface area contributed by atoms with E-state index in [9.17, 15) is 9.59 Å². The molecule has 1 N–H and O–H groups in total. The van der Waals surface area contributed by atoms with E-state index in [2.05, 4.69) is 9.97 Å². The highest BCUT2D eigenvalue weighted by Gasteiger charge is 2.13. The van der Waals surface area contributed by atoms with Crippen LogP contribution < -0.4 is 11.2 Å². The second kappa shape index (κ2) is 5.07. The summed E-state index contributed by atoms with van der Waals surface area (Å²) in [7, 11) is 0. The number of nitrogens with one attached hydrogen (secondary N) is 1. The Morgan fingerprint density at radius 2 is 2.22 bits per heavy atom. The molecule has 7 heteroatoms. The largest absolute Gasteiger partial charge is 0.329 e. The first-order valence-electron chi connectivity index (χ1n) is 5.45. The molecule has 0 saturated carbocycles. The second-order valence-electron chi connectivity index (χ2n) is 3.83. The molecule has 2 aromatic heterocycles. The van der Waals surface area contributed by atoms with Crippen LogP contribution in [0, 0.1) is 6.92 Å². The smallest absolute Gasteiger partial charge is 0.297 e. The SMILES string of the molecule is CCc1c(Cl)[nH]c(=O)n(Cc2scnc2C)c1=O. The Balaban J connectivity index is 2.55. The van der Waals surface area contributed by atoms with E-state index >= 15 is 0 Å². The fourth-order valence-corrected chi connectivity index (χ4v) is 2.72. The van der Waals surface area contributed by atoms with Gasteiger partial charge in [-0.1, -0.05) is 18.5 Å². The Morgan fingerprint density at radius 3 is 2.78 bits per heavy atom. The molecule has 0 spiro atoms. The van der Waals surface area contributed by atoms with Crippen LogP contribution in [-0.4, -0.2) is 14.5 Å². The van der Waals surface area contributed by atoms with E-state index in [0.717, 1.165) is 15.1 Å². The van der Waals surface area contributed by atoms with Crippen LogP contribution in [0.15, 0.2) is 15.1 Å². The molecule has 2 rings (SSSR count). The van der Waals surface area contributed by atoms with Crippen LogP contribution in [0.5, 0.6) is 0 Å². The third-order valence-electron chi connectivity index (χ3n) is 2.73. The summed E-state index contributed by atoms with van der Waals surface area (Å²) in [6.45, 7) is 3.90. The predicted molar refractivity (Wildman–Crippen MR) is 71.7 cm³/mol. The van der Waals surface area contributed by atoms with Gasteiger partial charge in [0.25, 0.3) is 5.56 Å². The van der Waals surface area contributed by atoms with Crippen molar-refractivity contribution in [2.45, 2.75) is 26.8 Å². The van der Waals surface area contributed by atoms with Crippen molar-refractivity contribution in [2.24, 2.45) is 0 Å². The van der Waals surface area contributed by atoms with Gasteiger partial charge in [0.05, 0.1) is 23.3 Å². The van der Waals surface area contributed by atoms with Crippen molar-refractivity contribution in [1.82, 2.24) is 14.5 Å². The van der Waals surface area contributed by atoms with Crippen molar-refractivity contribution < 1.29 is 0 Å². The number of halogens is 1. The molecule has 0 bridgehead atoms. The van der Waals surface area contributed by atoms with Gasteiger partial charge in [0, 0.05) is 4.88 Å². The molecule has 0 fully saturated rings. The Kier molecular flexibility index (Phi) is 3.68. The van der Waals surface area contributed by atoms with Gasteiger partial charge in [0.15, 0.2) is 0 Å². The quantitative estimate of drug-likeness (QED) is 0.871. The van der Waals surface area contributed by atoms with Crippen LogP contribution in [0.1, 0.15) is 23.1 Å². The third kappa shape index (κ3) is 2.26. The molecule has 0 aliphatic carbocycles. The van der Waals surface area contributed by atoms with Gasteiger partial charge in [-0.25, -0.2) is 9.78 Å². The molecule has 0 unspecified atom stereocenters. The minimum atomic E-state index is -0.491. The zero-order valence-corrected chi connectivity index (χ0v) is 11.6. The van der Waals surface area contributed by atoms with Gasteiger partial charge in [-0.3, -0.25) is 14.3 Å². The van der Waals surface area contributed by atoms with E-state index in [4.69, 9.17) is 11.6 Å². The maximum Gasteiger partial charge on any atom is 0.329 e. The molecule has 0 aliphatic rings. The fraction of sp³-hybridized carbons (Fsp3) is 0.364. The Morgan fingerprint density at radius 1 is 1.50 bits per heavy atom. The molecule has 0 amide bonds. The number of aryl methyl sites for hydroxylation is 1. The molecule has 0 radical (unpaired) electrons. The van der Waals surface area contributed by atoms with Crippen LogP contribution in [0.3, 0.4) is 0 Å². The summed E-state index contributed by atoms with van der Waals surface area (Å²) in [5.74, 6) is 0. The number of hydrogen-bond donors (Lipinski definition) is 1. The summed E-state index contributed by atoms with van der Waals surface area (Å²) in [6, 6.07) is 0. The van der Waals surface area contributed by atoms with Gasteiger partial charge < -0.3 is 0 Å². The van der Waals surface area contributed by atoms with Crippen LogP contribution >= 0.6 is 22.9 Å². The number of rotatable bonds is 3. The lowest BCUT2D eigenvalue weighted by Gasteiger charge is -2.07. The highest BCUT2D eigenvalue weighted by Crippen LogP contribution is 2.13. The van der Waals surface area contributed by atoms with Gasteiger partial charge in [-0.15, -0.1) is 11.3 Å². The maximum atomic E-state index is 12.1. The number of thiazole rings is 1. The van der Waals surface area contributed by atoms with Crippen LogP contribution in [0.4, 0.5) is 0 Å². The summed E-state index contributed by atoms with van der Waals surface area (Å²) in [5.41, 5.74) is 2.13. The van der Waals surface area contributed by atoms with Crippen molar-refractivity contribution in [2.75, 3.05) is 0 Å². The summed E-state index contributed by atoms with van der Waals surface area (Å²) >= 11 is 7.26. The number of nitrogens with zero attached hydrogens (tertiary/aromatic N) is 2. The molecular weight excluding hydrogens is 274 g/mol. The molecule has 5 nitrogen and oxygen atoms in total.